The smallest absolute Gasteiger partial charge is 0.242 e. The van der Waals surface area contributed by atoms with Gasteiger partial charge in [0, 0.05) is 23.9 Å². The Hall–Kier alpha value is -2.14. The number of aryl methyl sites for hydroxylation is 1. The Labute approximate surface area is 177 Å². The number of hydrogen-bond acceptors (Lipinski definition) is 3. The largest absolute Gasteiger partial charge is 0.333 e. The molecule has 2 amide bonds. The van der Waals surface area contributed by atoms with Crippen LogP contribution in [0.5, 0.6) is 0 Å². The maximum Gasteiger partial charge on any atom is 0.242 e. The van der Waals surface area contributed by atoms with E-state index in [1.54, 1.807) is 11.3 Å². The fraction of sp³-hybridized carbons (Fsp3) is 0.500. The second-order valence-corrected chi connectivity index (χ2v) is 9.34. The number of benzene rings is 1. The number of fused-ring (bicyclic) bond motifs is 1. The van der Waals surface area contributed by atoms with Gasteiger partial charge in [-0.2, -0.15) is 0 Å². The number of nitrogens with zero attached hydrogens (tertiary/aromatic N) is 2. The van der Waals surface area contributed by atoms with E-state index in [1.807, 2.05) is 9.80 Å². The van der Waals surface area contributed by atoms with E-state index in [2.05, 4.69) is 49.6 Å². The standard InChI is InChI=1S/C24H30N2O2S/c1-3-13-25(24(28)19-5-4-6-19)16-22(27)26-14-11-21-20(12-15-29-21)23(26)18-9-7-17(2)8-10-18/h7-10,12,15,19,23H,3-6,11,13-14,16H2,1-2H3/t23-/m1/s1. The summed E-state index contributed by atoms with van der Waals surface area (Å²) in [5.41, 5.74) is 3.61. The van der Waals surface area contributed by atoms with Crippen LogP contribution in [-0.4, -0.2) is 41.2 Å². The first-order valence-corrected chi connectivity index (χ1v) is 11.7. The molecule has 4 rings (SSSR count). The fourth-order valence-corrected chi connectivity index (χ4v) is 5.30. The molecule has 154 valence electrons. The molecule has 1 aliphatic heterocycles. The summed E-state index contributed by atoms with van der Waals surface area (Å²) in [4.78, 5) is 31.4. The van der Waals surface area contributed by atoms with Crippen molar-refractivity contribution >= 4 is 23.2 Å². The van der Waals surface area contributed by atoms with E-state index in [-0.39, 0.29) is 30.3 Å². The van der Waals surface area contributed by atoms with Gasteiger partial charge in [-0.1, -0.05) is 43.2 Å². The van der Waals surface area contributed by atoms with Crippen LogP contribution in [0.15, 0.2) is 35.7 Å². The predicted molar refractivity (Wildman–Crippen MR) is 117 cm³/mol. The van der Waals surface area contributed by atoms with Crippen molar-refractivity contribution in [3.05, 3.63) is 57.3 Å². The highest BCUT2D eigenvalue weighted by molar-refractivity contribution is 7.10. The highest BCUT2D eigenvalue weighted by Gasteiger charge is 2.35. The van der Waals surface area contributed by atoms with E-state index in [1.165, 1.54) is 16.0 Å². The summed E-state index contributed by atoms with van der Waals surface area (Å²) in [6.07, 6.45) is 4.85. The zero-order valence-electron chi connectivity index (χ0n) is 17.4. The van der Waals surface area contributed by atoms with Gasteiger partial charge in [0.2, 0.25) is 11.8 Å². The number of hydrogen-bond donors (Lipinski definition) is 0. The highest BCUT2D eigenvalue weighted by atomic mass is 32.1. The van der Waals surface area contributed by atoms with E-state index in [9.17, 15) is 9.59 Å². The number of rotatable bonds is 6. The van der Waals surface area contributed by atoms with Crippen molar-refractivity contribution in [2.45, 2.75) is 52.0 Å². The molecular weight excluding hydrogens is 380 g/mol. The summed E-state index contributed by atoms with van der Waals surface area (Å²) < 4.78 is 0. The minimum Gasteiger partial charge on any atom is -0.333 e. The van der Waals surface area contributed by atoms with Gasteiger partial charge < -0.3 is 9.80 Å². The second-order valence-electron chi connectivity index (χ2n) is 8.34. The Morgan fingerprint density at radius 1 is 1.17 bits per heavy atom. The monoisotopic (exact) mass is 410 g/mol. The van der Waals surface area contributed by atoms with Gasteiger partial charge in [-0.15, -0.1) is 11.3 Å². The van der Waals surface area contributed by atoms with Gasteiger partial charge in [0.15, 0.2) is 0 Å². The molecular formula is C24H30N2O2S. The molecule has 1 fully saturated rings. The molecule has 1 aliphatic carbocycles. The molecule has 1 aromatic carbocycles. The molecule has 5 heteroatoms. The third kappa shape index (κ3) is 4.11. The van der Waals surface area contributed by atoms with Gasteiger partial charge in [0.25, 0.3) is 0 Å². The van der Waals surface area contributed by atoms with E-state index in [4.69, 9.17) is 0 Å². The molecule has 2 heterocycles. The minimum absolute atomic E-state index is 0.0552. The third-order valence-corrected chi connectivity index (χ3v) is 7.26. The minimum atomic E-state index is -0.0552. The Kier molecular flexibility index (Phi) is 6.04. The summed E-state index contributed by atoms with van der Waals surface area (Å²) in [6, 6.07) is 10.6. The lowest BCUT2D eigenvalue weighted by atomic mass is 9.84. The molecule has 2 aliphatic rings. The van der Waals surface area contributed by atoms with Crippen LogP contribution >= 0.6 is 11.3 Å². The molecule has 0 saturated heterocycles. The average Bonchev–Trinajstić information content (AvgIpc) is 3.15. The zero-order valence-corrected chi connectivity index (χ0v) is 18.2. The quantitative estimate of drug-likeness (QED) is 0.700. The lowest BCUT2D eigenvalue weighted by molar-refractivity contribution is -0.145. The molecule has 1 atom stereocenters. The van der Waals surface area contributed by atoms with Crippen LogP contribution in [0.25, 0.3) is 0 Å². The van der Waals surface area contributed by atoms with Crippen molar-refractivity contribution in [2.75, 3.05) is 19.6 Å². The van der Waals surface area contributed by atoms with Crippen LogP contribution in [0, 0.1) is 12.8 Å². The van der Waals surface area contributed by atoms with Crippen LogP contribution in [0.1, 0.15) is 60.2 Å². The third-order valence-electron chi connectivity index (χ3n) is 6.27. The maximum atomic E-state index is 13.4. The fourth-order valence-electron chi connectivity index (χ4n) is 4.40. The lowest BCUT2D eigenvalue weighted by Gasteiger charge is -2.38. The van der Waals surface area contributed by atoms with Gasteiger partial charge in [0.1, 0.15) is 0 Å². The summed E-state index contributed by atoms with van der Waals surface area (Å²) in [5, 5.41) is 2.13. The van der Waals surface area contributed by atoms with Crippen molar-refractivity contribution in [1.29, 1.82) is 0 Å². The summed E-state index contributed by atoms with van der Waals surface area (Å²) in [6.45, 7) is 5.72. The van der Waals surface area contributed by atoms with Crippen LogP contribution in [-0.2, 0) is 16.0 Å². The molecule has 1 aromatic heterocycles. The van der Waals surface area contributed by atoms with Gasteiger partial charge in [-0.3, -0.25) is 9.59 Å². The molecule has 29 heavy (non-hydrogen) atoms. The van der Waals surface area contributed by atoms with E-state index < -0.39 is 0 Å². The normalized spacial score (nSPS) is 18.8. The predicted octanol–water partition coefficient (Wildman–Crippen LogP) is 4.57. The van der Waals surface area contributed by atoms with E-state index >= 15 is 0 Å². The SMILES string of the molecule is CCCN(CC(=O)N1CCc2sccc2[C@H]1c1ccc(C)cc1)C(=O)C1CCC1. The summed E-state index contributed by atoms with van der Waals surface area (Å²) in [5.74, 6) is 0.368. The summed E-state index contributed by atoms with van der Waals surface area (Å²) in [7, 11) is 0. The van der Waals surface area contributed by atoms with Gasteiger partial charge in [0.05, 0.1) is 12.6 Å². The molecule has 2 aromatic rings. The van der Waals surface area contributed by atoms with Crippen molar-refractivity contribution in [3.63, 3.8) is 0 Å². The number of carbonyl (C=O) groups is 2. The Balaban J connectivity index is 1.58. The van der Waals surface area contributed by atoms with Gasteiger partial charge >= 0.3 is 0 Å². The molecule has 0 spiro atoms. The lowest BCUT2D eigenvalue weighted by Crippen LogP contribution is -2.48. The number of carbonyl (C=O) groups excluding carboxylic acids is 2. The highest BCUT2D eigenvalue weighted by Crippen LogP contribution is 2.38. The first-order chi connectivity index (χ1) is 14.1. The van der Waals surface area contributed by atoms with Crippen LogP contribution in [0.2, 0.25) is 0 Å². The van der Waals surface area contributed by atoms with Crippen molar-refractivity contribution < 1.29 is 9.59 Å². The second kappa shape index (κ2) is 8.70. The molecule has 0 unspecified atom stereocenters. The topological polar surface area (TPSA) is 40.6 Å². The van der Waals surface area contributed by atoms with Gasteiger partial charge in [-0.05, 0) is 55.2 Å². The molecule has 0 bridgehead atoms. The van der Waals surface area contributed by atoms with Crippen molar-refractivity contribution in [2.24, 2.45) is 5.92 Å². The number of amides is 2. The first kappa shape index (κ1) is 20.1. The summed E-state index contributed by atoms with van der Waals surface area (Å²) >= 11 is 1.78. The maximum absolute atomic E-state index is 13.4. The Bertz CT molecular complexity index is 869. The Morgan fingerprint density at radius 2 is 1.93 bits per heavy atom. The molecule has 1 saturated carbocycles. The number of thiophene rings is 1. The molecule has 0 N–H and O–H groups in total. The Morgan fingerprint density at radius 3 is 2.59 bits per heavy atom. The van der Waals surface area contributed by atoms with Gasteiger partial charge in [-0.25, -0.2) is 0 Å². The van der Waals surface area contributed by atoms with E-state index in [0.29, 0.717) is 13.1 Å². The van der Waals surface area contributed by atoms with Crippen molar-refractivity contribution in [1.82, 2.24) is 9.80 Å². The van der Waals surface area contributed by atoms with Crippen LogP contribution < -0.4 is 0 Å². The van der Waals surface area contributed by atoms with Crippen LogP contribution in [0.4, 0.5) is 0 Å². The molecule has 0 radical (unpaired) electrons. The first-order valence-electron chi connectivity index (χ1n) is 10.8. The van der Waals surface area contributed by atoms with Crippen LogP contribution in [0.3, 0.4) is 0 Å². The van der Waals surface area contributed by atoms with E-state index in [0.717, 1.165) is 37.7 Å². The zero-order chi connectivity index (χ0) is 20.4. The van der Waals surface area contributed by atoms with Crippen molar-refractivity contribution in [3.8, 4) is 0 Å². The average molecular weight is 411 g/mol. The molecule has 4 nitrogen and oxygen atoms in total.